The quantitative estimate of drug-likeness (QED) is 0.498. The highest BCUT2D eigenvalue weighted by Crippen LogP contribution is 2.34. The molecule has 1 aliphatic heterocycles. The second kappa shape index (κ2) is 9.68. The predicted octanol–water partition coefficient (Wildman–Crippen LogP) is 2.38. The van der Waals surface area contributed by atoms with Gasteiger partial charge < -0.3 is 20.1 Å². The third kappa shape index (κ3) is 5.54. The van der Waals surface area contributed by atoms with E-state index < -0.39 is 30.2 Å². The average Bonchev–Trinajstić information content (AvgIpc) is 3.03. The minimum absolute atomic E-state index is 0.132. The van der Waals surface area contributed by atoms with Crippen LogP contribution < -0.4 is 15.4 Å². The summed E-state index contributed by atoms with van der Waals surface area (Å²) in [7, 11) is 0. The predicted molar refractivity (Wildman–Crippen MR) is 103 cm³/mol. The van der Waals surface area contributed by atoms with Gasteiger partial charge in [-0.05, 0) is 30.2 Å². The fourth-order valence-electron chi connectivity index (χ4n) is 2.94. The Morgan fingerprint density at radius 2 is 1.86 bits per heavy atom. The van der Waals surface area contributed by atoms with Crippen molar-refractivity contribution in [1.29, 1.82) is 0 Å². The van der Waals surface area contributed by atoms with Gasteiger partial charge in [-0.15, -0.1) is 0 Å². The van der Waals surface area contributed by atoms with Crippen LogP contribution in [-0.4, -0.2) is 37.5 Å². The van der Waals surface area contributed by atoms with Gasteiger partial charge in [0.25, 0.3) is 5.91 Å². The number of hydrogen-bond donors (Lipinski definition) is 2. The van der Waals surface area contributed by atoms with E-state index in [0.717, 1.165) is 5.56 Å². The Morgan fingerprint density at radius 3 is 2.69 bits per heavy atom. The molecule has 0 aromatic heterocycles. The molecular formula is C21H21FN2O5. The molecular weight excluding hydrogens is 379 g/mol. The maximum Gasteiger partial charge on any atom is 0.307 e. The first-order chi connectivity index (χ1) is 14.0. The summed E-state index contributed by atoms with van der Waals surface area (Å²) >= 11 is 0. The number of benzene rings is 2. The number of ether oxygens (including phenoxy) is 2. The highest BCUT2D eigenvalue weighted by Gasteiger charge is 2.32. The molecule has 1 unspecified atom stereocenters. The topological polar surface area (TPSA) is 93.7 Å². The van der Waals surface area contributed by atoms with Crippen LogP contribution in [0.25, 0.3) is 0 Å². The molecule has 0 radical (unpaired) electrons. The average molecular weight is 400 g/mol. The lowest BCUT2D eigenvalue weighted by atomic mass is 9.97. The molecule has 2 N–H and O–H groups in total. The molecule has 0 spiro atoms. The number of para-hydroxylation sites is 2. The van der Waals surface area contributed by atoms with Gasteiger partial charge in [-0.3, -0.25) is 14.4 Å². The molecule has 3 rings (SSSR count). The highest BCUT2D eigenvalue weighted by atomic mass is 19.1. The maximum atomic E-state index is 13.4. The summed E-state index contributed by atoms with van der Waals surface area (Å²) in [6.45, 7) is 0.101. The van der Waals surface area contributed by atoms with Crippen molar-refractivity contribution in [1.82, 2.24) is 5.32 Å². The van der Waals surface area contributed by atoms with E-state index in [1.807, 2.05) is 0 Å². The normalized spacial score (nSPS) is 14.7. The largest absolute Gasteiger partial charge is 0.490 e. The van der Waals surface area contributed by atoms with Gasteiger partial charge in [-0.2, -0.15) is 0 Å². The molecule has 2 aromatic carbocycles. The molecule has 8 heteroatoms. The minimum Gasteiger partial charge on any atom is -0.490 e. The van der Waals surface area contributed by atoms with Gasteiger partial charge in [0.1, 0.15) is 0 Å². The van der Waals surface area contributed by atoms with Crippen molar-refractivity contribution >= 4 is 23.5 Å². The van der Waals surface area contributed by atoms with Gasteiger partial charge in [0.15, 0.2) is 18.2 Å². The van der Waals surface area contributed by atoms with Crippen molar-refractivity contribution in [2.24, 2.45) is 0 Å². The molecule has 2 amide bonds. The van der Waals surface area contributed by atoms with Crippen molar-refractivity contribution in [3.63, 3.8) is 0 Å². The molecule has 1 atom stereocenters. The lowest BCUT2D eigenvalue weighted by Gasteiger charge is -2.10. The Hall–Kier alpha value is -3.42. The van der Waals surface area contributed by atoms with Crippen LogP contribution in [0, 0.1) is 5.82 Å². The Morgan fingerprint density at radius 1 is 1.10 bits per heavy atom. The second-order valence-corrected chi connectivity index (χ2v) is 6.48. The fraction of sp³-hybridized carbons (Fsp3) is 0.286. The zero-order chi connectivity index (χ0) is 20.6. The number of fused-ring (bicyclic) bond motifs is 1. The Kier molecular flexibility index (Phi) is 6.78. The lowest BCUT2D eigenvalue weighted by molar-refractivity contribution is -0.149. The summed E-state index contributed by atoms with van der Waals surface area (Å²) in [5.74, 6) is -2.24. The van der Waals surface area contributed by atoms with E-state index in [9.17, 15) is 18.8 Å². The molecule has 29 heavy (non-hydrogen) atoms. The van der Waals surface area contributed by atoms with Crippen LogP contribution >= 0.6 is 0 Å². The summed E-state index contributed by atoms with van der Waals surface area (Å²) < 4.78 is 23.6. The number of carbonyl (C=O) groups is 3. The number of nitrogens with one attached hydrogen (secondary N) is 2. The van der Waals surface area contributed by atoms with E-state index in [2.05, 4.69) is 10.6 Å². The van der Waals surface area contributed by atoms with Gasteiger partial charge >= 0.3 is 5.97 Å². The number of hydrogen-bond acceptors (Lipinski definition) is 5. The van der Waals surface area contributed by atoms with E-state index >= 15 is 0 Å². The SMILES string of the molecule is O=C(COC(=O)CC1C(=O)Nc2ccccc21)NCCCOc1ccccc1F. The van der Waals surface area contributed by atoms with E-state index in [1.165, 1.54) is 12.1 Å². The van der Waals surface area contributed by atoms with Crippen LogP contribution in [0.1, 0.15) is 24.3 Å². The third-order valence-corrected chi connectivity index (χ3v) is 4.38. The Balaban J connectivity index is 1.32. The van der Waals surface area contributed by atoms with Crippen LogP contribution in [0.15, 0.2) is 48.5 Å². The first kappa shape index (κ1) is 20.3. The van der Waals surface area contributed by atoms with Crippen LogP contribution in [0.3, 0.4) is 0 Å². The first-order valence-corrected chi connectivity index (χ1v) is 9.24. The number of anilines is 1. The zero-order valence-corrected chi connectivity index (χ0v) is 15.7. The number of rotatable bonds is 9. The van der Waals surface area contributed by atoms with Gasteiger partial charge in [-0.25, -0.2) is 4.39 Å². The van der Waals surface area contributed by atoms with E-state index in [0.29, 0.717) is 18.7 Å². The van der Waals surface area contributed by atoms with Crippen molar-refractivity contribution in [3.8, 4) is 5.75 Å². The molecule has 1 aliphatic rings. The van der Waals surface area contributed by atoms with Crippen LogP contribution in [0.5, 0.6) is 5.75 Å². The molecule has 0 aliphatic carbocycles. The fourth-order valence-corrected chi connectivity index (χ4v) is 2.94. The molecule has 1 heterocycles. The van der Waals surface area contributed by atoms with Gasteiger partial charge in [0, 0.05) is 12.2 Å². The summed E-state index contributed by atoms with van der Waals surface area (Å²) in [5.41, 5.74) is 1.43. The monoisotopic (exact) mass is 400 g/mol. The van der Waals surface area contributed by atoms with E-state index in [4.69, 9.17) is 9.47 Å². The first-order valence-electron chi connectivity index (χ1n) is 9.24. The maximum absolute atomic E-state index is 13.4. The second-order valence-electron chi connectivity index (χ2n) is 6.48. The number of carbonyl (C=O) groups excluding carboxylic acids is 3. The molecule has 0 fully saturated rings. The smallest absolute Gasteiger partial charge is 0.307 e. The van der Waals surface area contributed by atoms with E-state index in [-0.39, 0.29) is 24.7 Å². The molecule has 0 saturated heterocycles. The van der Waals surface area contributed by atoms with E-state index in [1.54, 1.807) is 36.4 Å². The molecule has 0 bridgehead atoms. The minimum atomic E-state index is -0.625. The van der Waals surface area contributed by atoms with Gasteiger partial charge in [0.05, 0.1) is 18.9 Å². The van der Waals surface area contributed by atoms with Crippen LogP contribution in [0.4, 0.5) is 10.1 Å². The molecule has 152 valence electrons. The Labute approximate surface area is 167 Å². The molecule has 7 nitrogen and oxygen atoms in total. The zero-order valence-electron chi connectivity index (χ0n) is 15.7. The molecule has 2 aromatic rings. The highest BCUT2D eigenvalue weighted by molar-refractivity contribution is 6.04. The summed E-state index contributed by atoms with van der Waals surface area (Å²) in [5, 5.41) is 5.30. The third-order valence-electron chi connectivity index (χ3n) is 4.38. The summed E-state index contributed by atoms with van der Waals surface area (Å²) in [4.78, 5) is 35.8. The van der Waals surface area contributed by atoms with Crippen molar-refractivity contribution < 1.29 is 28.2 Å². The van der Waals surface area contributed by atoms with Crippen molar-refractivity contribution in [2.45, 2.75) is 18.8 Å². The summed E-state index contributed by atoms with van der Waals surface area (Å²) in [6.07, 6.45) is 0.333. The number of esters is 1. The van der Waals surface area contributed by atoms with Crippen LogP contribution in [-0.2, 0) is 19.1 Å². The number of amides is 2. The standard InChI is InChI=1S/C21H21FN2O5/c22-16-7-2-4-9-18(16)28-11-5-10-23-19(25)13-29-20(26)12-15-14-6-1-3-8-17(14)24-21(15)27/h1-4,6-9,15H,5,10-13H2,(H,23,25)(H,24,27). The molecule has 0 saturated carbocycles. The van der Waals surface area contributed by atoms with Gasteiger partial charge in [-0.1, -0.05) is 30.3 Å². The number of halogens is 1. The summed E-state index contributed by atoms with van der Waals surface area (Å²) in [6, 6.07) is 13.2. The lowest BCUT2D eigenvalue weighted by Crippen LogP contribution is -2.30. The van der Waals surface area contributed by atoms with Crippen molar-refractivity contribution in [2.75, 3.05) is 25.1 Å². The van der Waals surface area contributed by atoms with Gasteiger partial charge in [0.2, 0.25) is 5.91 Å². The van der Waals surface area contributed by atoms with Crippen molar-refractivity contribution in [3.05, 3.63) is 59.9 Å². The van der Waals surface area contributed by atoms with Crippen LogP contribution in [0.2, 0.25) is 0 Å². The Bertz CT molecular complexity index is 902.